The van der Waals surface area contributed by atoms with Gasteiger partial charge >= 0.3 is 0 Å². The monoisotopic (exact) mass is 288 g/mol. The average molecular weight is 289 g/mol. The van der Waals surface area contributed by atoms with Crippen LogP contribution in [0.5, 0.6) is 11.5 Å². The summed E-state index contributed by atoms with van der Waals surface area (Å²) in [5, 5.41) is -0.116. The van der Waals surface area contributed by atoms with Crippen molar-refractivity contribution in [2.75, 3.05) is 13.2 Å². The van der Waals surface area contributed by atoms with Crippen molar-refractivity contribution in [3.63, 3.8) is 0 Å². The third kappa shape index (κ3) is 2.75. The molecule has 0 fully saturated rings. The summed E-state index contributed by atoms with van der Waals surface area (Å²) in [4.78, 5) is 0. The molecule has 0 aromatic heterocycles. The molecule has 20 heavy (non-hydrogen) atoms. The molecule has 0 saturated carbocycles. The molecule has 1 atom stereocenters. The smallest absolute Gasteiger partial charge is 0.166 e. The number of hydrogen-bond acceptors (Lipinski definition) is 2. The number of rotatable bonds is 3. The fourth-order valence-electron chi connectivity index (χ4n) is 2.38. The van der Waals surface area contributed by atoms with Gasteiger partial charge in [-0.2, -0.15) is 0 Å². The first kappa shape index (κ1) is 13.3. The largest absolute Gasteiger partial charge is 0.486 e. The molecule has 3 heteroatoms. The second-order valence-electron chi connectivity index (χ2n) is 5.03. The van der Waals surface area contributed by atoms with Gasteiger partial charge in [0.05, 0.1) is 5.38 Å². The summed E-state index contributed by atoms with van der Waals surface area (Å²) >= 11 is 6.58. The van der Waals surface area contributed by atoms with Gasteiger partial charge in [-0.05, 0) is 25.0 Å². The van der Waals surface area contributed by atoms with Gasteiger partial charge in [0.15, 0.2) is 11.5 Å². The molecule has 1 unspecified atom stereocenters. The van der Waals surface area contributed by atoms with Gasteiger partial charge in [-0.15, -0.1) is 11.6 Å². The van der Waals surface area contributed by atoms with Crippen LogP contribution in [0.4, 0.5) is 0 Å². The second-order valence-corrected chi connectivity index (χ2v) is 5.56. The van der Waals surface area contributed by atoms with Crippen LogP contribution in [0.15, 0.2) is 42.5 Å². The minimum absolute atomic E-state index is 0.116. The van der Waals surface area contributed by atoms with E-state index in [2.05, 4.69) is 31.2 Å². The summed E-state index contributed by atoms with van der Waals surface area (Å²) in [5.41, 5.74) is 3.49. The Morgan fingerprint density at radius 2 is 1.80 bits per heavy atom. The molecule has 0 amide bonds. The van der Waals surface area contributed by atoms with E-state index in [-0.39, 0.29) is 5.38 Å². The molecule has 3 rings (SSSR count). The van der Waals surface area contributed by atoms with Crippen LogP contribution in [0.3, 0.4) is 0 Å². The Morgan fingerprint density at radius 1 is 1.05 bits per heavy atom. The first-order chi connectivity index (χ1) is 9.74. The van der Waals surface area contributed by atoms with Crippen molar-refractivity contribution in [2.45, 2.75) is 18.7 Å². The summed E-state index contributed by atoms with van der Waals surface area (Å²) in [7, 11) is 0. The molecular formula is C17H17ClO2. The van der Waals surface area contributed by atoms with Crippen molar-refractivity contribution >= 4 is 11.6 Å². The molecule has 0 saturated heterocycles. The van der Waals surface area contributed by atoms with Crippen molar-refractivity contribution in [3.05, 3.63) is 59.2 Å². The number of fused-ring (bicyclic) bond motifs is 1. The van der Waals surface area contributed by atoms with E-state index in [0.717, 1.165) is 23.5 Å². The Morgan fingerprint density at radius 3 is 2.60 bits per heavy atom. The standard InChI is InChI=1S/C17H17ClO2/c1-12-5-7-13(8-6-12)11-15(18)14-3-2-4-16-17(14)20-10-9-19-16/h2-8,15H,9-11H2,1H3. The van der Waals surface area contributed by atoms with Crippen LogP contribution < -0.4 is 9.47 Å². The van der Waals surface area contributed by atoms with E-state index in [4.69, 9.17) is 21.1 Å². The van der Waals surface area contributed by atoms with E-state index in [0.29, 0.717) is 13.2 Å². The van der Waals surface area contributed by atoms with E-state index in [9.17, 15) is 0 Å². The highest BCUT2D eigenvalue weighted by Gasteiger charge is 2.20. The van der Waals surface area contributed by atoms with Crippen LogP contribution in [0, 0.1) is 6.92 Å². The predicted octanol–water partition coefficient (Wildman–Crippen LogP) is 4.29. The van der Waals surface area contributed by atoms with Crippen molar-refractivity contribution < 1.29 is 9.47 Å². The van der Waals surface area contributed by atoms with Gasteiger partial charge < -0.3 is 9.47 Å². The van der Waals surface area contributed by atoms with Crippen LogP contribution in [0.2, 0.25) is 0 Å². The van der Waals surface area contributed by atoms with Crippen LogP contribution in [-0.4, -0.2) is 13.2 Å². The van der Waals surface area contributed by atoms with E-state index in [1.54, 1.807) is 0 Å². The van der Waals surface area contributed by atoms with Gasteiger partial charge in [-0.25, -0.2) is 0 Å². The summed E-state index contributed by atoms with van der Waals surface area (Å²) in [6.45, 7) is 3.26. The third-order valence-electron chi connectivity index (χ3n) is 3.47. The lowest BCUT2D eigenvalue weighted by molar-refractivity contribution is 0.170. The summed E-state index contributed by atoms with van der Waals surface area (Å²) < 4.78 is 11.3. The van der Waals surface area contributed by atoms with Gasteiger partial charge in [0.2, 0.25) is 0 Å². The molecule has 0 bridgehead atoms. The molecular weight excluding hydrogens is 272 g/mol. The van der Waals surface area contributed by atoms with Gasteiger partial charge in [-0.3, -0.25) is 0 Å². The molecule has 2 aromatic carbocycles. The minimum atomic E-state index is -0.116. The number of hydrogen-bond donors (Lipinski definition) is 0. The van der Waals surface area contributed by atoms with E-state index >= 15 is 0 Å². The lowest BCUT2D eigenvalue weighted by Crippen LogP contribution is -2.17. The van der Waals surface area contributed by atoms with Crippen LogP contribution in [-0.2, 0) is 6.42 Å². The number of alkyl halides is 1. The molecule has 0 spiro atoms. The van der Waals surface area contributed by atoms with Gasteiger partial charge in [0.1, 0.15) is 13.2 Å². The molecule has 0 aliphatic carbocycles. The number of benzene rings is 2. The van der Waals surface area contributed by atoms with Gasteiger partial charge in [0, 0.05) is 5.56 Å². The number of aryl methyl sites for hydroxylation is 1. The summed E-state index contributed by atoms with van der Waals surface area (Å²) in [6.07, 6.45) is 0.779. The van der Waals surface area contributed by atoms with E-state index < -0.39 is 0 Å². The highest BCUT2D eigenvalue weighted by molar-refractivity contribution is 6.21. The topological polar surface area (TPSA) is 18.5 Å². The van der Waals surface area contributed by atoms with Crippen molar-refractivity contribution in [3.8, 4) is 11.5 Å². The molecule has 0 N–H and O–H groups in total. The quantitative estimate of drug-likeness (QED) is 0.785. The summed E-state index contributed by atoms with van der Waals surface area (Å²) in [5.74, 6) is 1.59. The molecule has 2 aromatic rings. The zero-order valence-corrected chi connectivity index (χ0v) is 12.2. The lowest BCUT2D eigenvalue weighted by atomic mass is 10.0. The van der Waals surface area contributed by atoms with Gasteiger partial charge in [0.25, 0.3) is 0 Å². The summed E-state index contributed by atoms with van der Waals surface area (Å²) in [6, 6.07) is 14.4. The van der Waals surface area contributed by atoms with E-state index in [1.807, 2.05) is 18.2 Å². The third-order valence-corrected chi connectivity index (χ3v) is 3.86. The predicted molar refractivity (Wildman–Crippen MR) is 80.9 cm³/mol. The van der Waals surface area contributed by atoms with Crippen molar-refractivity contribution in [1.29, 1.82) is 0 Å². The molecule has 0 radical (unpaired) electrons. The molecule has 1 heterocycles. The maximum atomic E-state index is 6.58. The molecule has 2 nitrogen and oxygen atoms in total. The Kier molecular flexibility index (Phi) is 3.83. The second kappa shape index (κ2) is 5.76. The Balaban J connectivity index is 1.83. The van der Waals surface area contributed by atoms with Crippen molar-refractivity contribution in [2.24, 2.45) is 0 Å². The zero-order valence-electron chi connectivity index (χ0n) is 11.4. The molecule has 104 valence electrons. The Bertz CT molecular complexity index is 592. The van der Waals surface area contributed by atoms with Crippen molar-refractivity contribution in [1.82, 2.24) is 0 Å². The fraction of sp³-hybridized carbons (Fsp3) is 0.294. The average Bonchev–Trinajstić information content (AvgIpc) is 2.49. The SMILES string of the molecule is Cc1ccc(CC(Cl)c2cccc3c2OCCO3)cc1. The van der Waals surface area contributed by atoms with Gasteiger partial charge in [-0.1, -0.05) is 42.0 Å². The maximum Gasteiger partial charge on any atom is 0.166 e. The first-order valence-corrected chi connectivity index (χ1v) is 7.26. The molecule has 1 aliphatic heterocycles. The van der Waals surface area contributed by atoms with Crippen LogP contribution in [0.1, 0.15) is 22.1 Å². The zero-order chi connectivity index (χ0) is 13.9. The first-order valence-electron chi connectivity index (χ1n) is 6.82. The fourth-order valence-corrected chi connectivity index (χ4v) is 2.73. The highest BCUT2D eigenvalue weighted by atomic mass is 35.5. The van der Waals surface area contributed by atoms with E-state index in [1.165, 1.54) is 11.1 Å². The normalized spacial score (nSPS) is 14.9. The Hall–Kier alpha value is -1.67. The minimum Gasteiger partial charge on any atom is -0.486 e. The highest BCUT2D eigenvalue weighted by Crippen LogP contribution is 2.40. The Labute approximate surface area is 124 Å². The number of para-hydroxylation sites is 1. The maximum absolute atomic E-state index is 6.58. The van der Waals surface area contributed by atoms with Crippen LogP contribution >= 0.6 is 11.6 Å². The van der Waals surface area contributed by atoms with Crippen LogP contribution in [0.25, 0.3) is 0 Å². The number of ether oxygens (including phenoxy) is 2. The number of halogens is 1. The molecule has 1 aliphatic rings. The lowest BCUT2D eigenvalue weighted by Gasteiger charge is -2.22.